The summed E-state index contributed by atoms with van der Waals surface area (Å²) < 4.78 is 6.42. The summed E-state index contributed by atoms with van der Waals surface area (Å²) in [5.74, 6) is 0.807. The summed E-state index contributed by atoms with van der Waals surface area (Å²) in [6, 6.07) is 14.3. The van der Waals surface area contributed by atoms with Gasteiger partial charge in [-0.2, -0.15) is 0 Å². The summed E-state index contributed by atoms with van der Waals surface area (Å²) in [5.41, 5.74) is 2.99. The first-order valence-corrected chi connectivity index (χ1v) is 10.4. The van der Waals surface area contributed by atoms with Gasteiger partial charge in [0.15, 0.2) is 0 Å². The number of hydrogen-bond donors (Lipinski definition) is 2. The van der Waals surface area contributed by atoms with E-state index in [1.807, 2.05) is 24.3 Å². The van der Waals surface area contributed by atoms with Crippen molar-refractivity contribution in [3.8, 4) is 0 Å². The largest absolute Gasteiger partial charge is 0.385 e. The first-order valence-electron chi connectivity index (χ1n) is 9.59. The van der Waals surface area contributed by atoms with Crippen LogP contribution in [0.1, 0.15) is 6.42 Å². The van der Waals surface area contributed by atoms with Crippen molar-refractivity contribution in [1.82, 2.24) is 14.9 Å². The fourth-order valence-electron chi connectivity index (χ4n) is 3.33. The molecule has 2 heterocycles. The Morgan fingerprint density at radius 3 is 2.79 bits per heavy atom. The first kappa shape index (κ1) is 19.1. The third kappa shape index (κ3) is 4.98. The number of ether oxygens (including phenoxy) is 1. The molecule has 1 fully saturated rings. The van der Waals surface area contributed by atoms with Gasteiger partial charge in [0, 0.05) is 40.9 Å². The highest BCUT2D eigenvalue weighted by molar-refractivity contribution is 9.10. The summed E-state index contributed by atoms with van der Waals surface area (Å²) in [7, 11) is 0. The highest BCUT2D eigenvalue weighted by atomic mass is 79.9. The minimum Gasteiger partial charge on any atom is -0.385 e. The lowest BCUT2D eigenvalue weighted by molar-refractivity contribution is 0.0378. The smallest absolute Gasteiger partial charge is 0.141 e. The van der Waals surface area contributed by atoms with E-state index in [4.69, 9.17) is 4.74 Å². The predicted octanol–water partition coefficient (Wildman–Crippen LogP) is 4.27. The molecule has 28 heavy (non-hydrogen) atoms. The van der Waals surface area contributed by atoms with Crippen molar-refractivity contribution in [3.63, 3.8) is 0 Å². The van der Waals surface area contributed by atoms with E-state index in [2.05, 4.69) is 59.6 Å². The van der Waals surface area contributed by atoms with E-state index < -0.39 is 0 Å². The average molecular weight is 442 g/mol. The SMILES string of the molecule is Brc1cccc(Nc2ncnc3cc(NCCCN4CCOCC4)ccc23)c1. The third-order valence-corrected chi connectivity index (χ3v) is 5.30. The summed E-state index contributed by atoms with van der Waals surface area (Å²) in [6.45, 7) is 5.84. The molecule has 0 spiro atoms. The van der Waals surface area contributed by atoms with Crippen LogP contribution in [0.3, 0.4) is 0 Å². The maximum atomic E-state index is 5.39. The molecule has 0 atom stereocenters. The van der Waals surface area contributed by atoms with Crippen LogP contribution in [0.4, 0.5) is 17.2 Å². The van der Waals surface area contributed by atoms with Gasteiger partial charge in [-0.1, -0.05) is 22.0 Å². The summed E-state index contributed by atoms with van der Waals surface area (Å²) in [6.07, 6.45) is 2.71. The Kier molecular flexibility index (Phi) is 6.36. The summed E-state index contributed by atoms with van der Waals surface area (Å²) in [4.78, 5) is 11.3. The number of nitrogens with one attached hydrogen (secondary N) is 2. The molecule has 1 aromatic heterocycles. The number of benzene rings is 2. The number of hydrogen-bond acceptors (Lipinski definition) is 6. The van der Waals surface area contributed by atoms with Crippen LogP contribution in [-0.2, 0) is 4.74 Å². The molecule has 146 valence electrons. The van der Waals surface area contributed by atoms with Gasteiger partial charge in [-0.05, 0) is 49.4 Å². The van der Waals surface area contributed by atoms with E-state index in [-0.39, 0.29) is 0 Å². The van der Waals surface area contributed by atoms with Crippen molar-refractivity contribution in [2.75, 3.05) is 50.0 Å². The minimum atomic E-state index is 0.807. The predicted molar refractivity (Wildman–Crippen MR) is 117 cm³/mol. The van der Waals surface area contributed by atoms with E-state index in [9.17, 15) is 0 Å². The van der Waals surface area contributed by atoms with Crippen molar-refractivity contribution in [3.05, 3.63) is 53.3 Å². The lowest BCUT2D eigenvalue weighted by Crippen LogP contribution is -2.37. The molecule has 2 N–H and O–H groups in total. The van der Waals surface area contributed by atoms with Crippen molar-refractivity contribution in [2.45, 2.75) is 6.42 Å². The molecular weight excluding hydrogens is 418 g/mol. The van der Waals surface area contributed by atoms with Gasteiger partial charge >= 0.3 is 0 Å². The van der Waals surface area contributed by atoms with E-state index in [1.165, 1.54) is 0 Å². The normalized spacial score (nSPS) is 14.9. The van der Waals surface area contributed by atoms with Crippen LogP contribution in [0, 0.1) is 0 Å². The number of morpholine rings is 1. The Balaban J connectivity index is 1.38. The van der Waals surface area contributed by atoms with Crippen molar-refractivity contribution in [2.24, 2.45) is 0 Å². The average Bonchev–Trinajstić information content (AvgIpc) is 2.72. The van der Waals surface area contributed by atoms with Gasteiger partial charge in [0.25, 0.3) is 0 Å². The maximum Gasteiger partial charge on any atom is 0.141 e. The third-order valence-electron chi connectivity index (χ3n) is 4.81. The van der Waals surface area contributed by atoms with Crippen molar-refractivity contribution >= 4 is 44.0 Å². The fraction of sp³-hybridized carbons (Fsp3) is 0.333. The van der Waals surface area contributed by atoms with Gasteiger partial charge in [-0.15, -0.1) is 0 Å². The molecule has 7 heteroatoms. The summed E-state index contributed by atoms with van der Waals surface area (Å²) in [5, 5.41) is 7.89. The number of rotatable bonds is 7. The molecule has 0 radical (unpaired) electrons. The molecular formula is C21H24BrN5O. The zero-order valence-electron chi connectivity index (χ0n) is 15.7. The van der Waals surface area contributed by atoms with Crippen LogP contribution in [0.25, 0.3) is 10.9 Å². The molecule has 2 aromatic carbocycles. The zero-order valence-corrected chi connectivity index (χ0v) is 17.3. The molecule has 0 unspecified atom stereocenters. The van der Waals surface area contributed by atoms with Crippen LogP contribution in [0.2, 0.25) is 0 Å². The lowest BCUT2D eigenvalue weighted by atomic mass is 10.2. The number of anilines is 3. The van der Waals surface area contributed by atoms with Gasteiger partial charge in [-0.25, -0.2) is 9.97 Å². The van der Waals surface area contributed by atoms with E-state index in [0.717, 1.165) is 78.4 Å². The van der Waals surface area contributed by atoms with Gasteiger partial charge in [-0.3, -0.25) is 4.90 Å². The molecule has 1 saturated heterocycles. The molecule has 3 aromatic rings. The standard InChI is InChI=1S/C21H24BrN5O/c22-16-3-1-4-18(13-16)26-21-19-6-5-17(14-20(19)24-15-25-21)23-7-2-8-27-9-11-28-12-10-27/h1,3-6,13-15,23H,2,7-12H2,(H,24,25,26). The van der Waals surface area contributed by atoms with Crippen LogP contribution in [0.15, 0.2) is 53.3 Å². The maximum absolute atomic E-state index is 5.39. The first-order chi connectivity index (χ1) is 13.8. The minimum absolute atomic E-state index is 0.807. The Morgan fingerprint density at radius 2 is 1.93 bits per heavy atom. The molecule has 0 bridgehead atoms. The van der Waals surface area contributed by atoms with Crippen molar-refractivity contribution < 1.29 is 4.74 Å². The van der Waals surface area contributed by atoms with E-state index in [0.29, 0.717) is 0 Å². The molecule has 0 amide bonds. The van der Waals surface area contributed by atoms with Crippen molar-refractivity contribution in [1.29, 1.82) is 0 Å². The number of nitrogens with zero attached hydrogens (tertiary/aromatic N) is 3. The zero-order chi connectivity index (χ0) is 19.2. The van der Waals surface area contributed by atoms with Crippen LogP contribution in [-0.4, -0.2) is 54.3 Å². The molecule has 1 aliphatic heterocycles. The van der Waals surface area contributed by atoms with E-state index >= 15 is 0 Å². The van der Waals surface area contributed by atoms with Gasteiger partial charge in [0.05, 0.1) is 18.7 Å². The van der Waals surface area contributed by atoms with Crippen LogP contribution in [0.5, 0.6) is 0 Å². The highest BCUT2D eigenvalue weighted by Gasteiger charge is 2.09. The number of halogens is 1. The second-order valence-electron chi connectivity index (χ2n) is 6.82. The second-order valence-corrected chi connectivity index (χ2v) is 7.74. The van der Waals surface area contributed by atoms with Gasteiger partial charge in [0.1, 0.15) is 12.1 Å². The quantitative estimate of drug-likeness (QED) is 0.533. The molecule has 0 saturated carbocycles. The topological polar surface area (TPSA) is 62.3 Å². The summed E-state index contributed by atoms with van der Waals surface area (Å²) >= 11 is 3.50. The van der Waals surface area contributed by atoms with E-state index in [1.54, 1.807) is 6.33 Å². The fourth-order valence-corrected chi connectivity index (χ4v) is 3.73. The lowest BCUT2D eigenvalue weighted by Gasteiger charge is -2.26. The molecule has 4 rings (SSSR count). The van der Waals surface area contributed by atoms with Crippen LogP contribution < -0.4 is 10.6 Å². The molecule has 6 nitrogen and oxygen atoms in total. The Hall–Kier alpha value is -2.22. The number of aromatic nitrogens is 2. The van der Waals surface area contributed by atoms with Gasteiger partial charge in [0.2, 0.25) is 0 Å². The monoisotopic (exact) mass is 441 g/mol. The Labute approximate surface area is 173 Å². The molecule has 1 aliphatic rings. The Bertz CT molecular complexity index is 930. The Morgan fingerprint density at radius 1 is 1.04 bits per heavy atom. The second kappa shape index (κ2) is 9.32. The molecule has 0 aliphatic carbocycles. The van der Waals surface area contributed by atoms with Gasteiger partial charge < -0.3 is 15.4 Å². The highest BCUT2D eigenvalue weighted by Crippen LogP contribution is 2.26. The van der Waals surface area contributed by atoms with Crippen LogP contribution >= 0.6 is 15.9 Å². The number of fused-ring (bicyclic) bond motifs is 1.